The van der Waals surface area contributed by atoms with Gasteiger partial charge in [-0.2, -0.15) is 0 Å². The number of hydrogen-bond donors (Lipinski definition) is 1. The standard InChI is InChI=1S/C18H24N2O2/c1-13-17(22-5)16(10-11-19-13)20(21)12-14-6-8-15(9-7-14)18(2,3)4/h6-11,21H,12H2,1-5H3. The Labute approximate surface area is 132 Å². The van der Waals surface area contributed by atoms with Crippen molar-refractivity contribution in [3.05, 3.63) is 53.3 Å². The van der Waals surface area contributed by atoms with Crippen molar-refractivity contribution in [2.45, 2.75) is 39.7 Å². The molecule has 0 aliphatic heterocycles. The van der Waals surface area contributed by atoms with Crippen LogP contribution < -0.4 is 9.80 Å². The average Bonchev–Trinajstić information content (AvgIpc) is 2.46. The third-order valence-corrected chi connectivity index (χ3v) is 3.70. The lowest BCUT2D eigenvalue weighted by molar-refractivity contribution is 0.245. The monoisotopic (exact) mass is 300 g/mol. The van der Waals surface area contributed by atoms with Gasteiger partial charge in [0.1, 0.15) is 5.69 Å². The lowest BCUT2D eigenvalue weighted by Gasteiger charge is -2.22. The molecule has 0 spiro atoms. The van der Waals surface area contributed by atoms with E-state index in [1.165, 1.54) is 10.6 Å². The smallest absolute Gasteiger partial charge is 0.165 e. The highest BCUT2D eigenvalue weighted by atomic mass is 16.5. The Morgan fingerprint density at radius 2 is 1.77 bits per heavy atom. The minimum Gasteiger partial charge on any atom is -0.493 e. The number of nitrogens with zero attached hydrogens (tertiary/aromatic N) is 2. The van der Waals surface area contributed by atoms with Gasteiger partial charge < -0.3 is 4.74 Å². The third-order valence-electron chi connectivity index (χ3n) is 3.70. The zero-order valence-electron chi connectivity index (χ0n) is 13.9. The van der Waals surface area contributed by atoms with Gasteiger partial charge in [0.15, 0.2) is 5.75 Å². The predicted molar refractivity (Wildman–Crippen MR) is 88.6 cm³/mol. The third kappa shape index (κ3) is 3.57. The van der Waals surface area contributed by atoms with Gasteiger partial charge in [-0.25, -0.2) is 5.06 Å². The average molecular weight is 300 g/mol. The number of ether oxygens (including phenoxy) is 1. The molecule has 0 saturated carbocycles. The number of methoxy groups -OCH3 is 1. The molecular formula is C18H24N2O2. The lowest BCUT2D eigenvalue weighted by atomic mass is 9.87. The predicted octanol–water partition coefficient (Wildman–Crippen LogP) is 4.09. The highest BCUT2D eigenvalue weighted by Gasteiger charge is 2.15. The van der Waals surface area contributed by atoms with E-state index in [2.05, 4.69) is 37.9 Å². The molecular weight excluding hydrogens is 276 g/mol. The van der Waals surface area contributed by atoms with Crippen LogP contribution in [0.15, 0.2) is 36.5 Å². The van der Waals surface area contributed by atoms with Gasteiger partial charge in [-0.3, -0.25) is 10.2 Å². The van der Waals surface area contributed by atoms with Crippen LogP contribution in [0.25, 0.3) is 0 Å². The summed E-state index contributed by atoms with van der Waals surface area (Å²) in [6.45, 7) is 8.80. The second-order valence-corrected chi connectivity index (χ2v) is 6.45. The SMILES string of the molecule is COc1c(N(O)Cc2ccc(C(C)(C)C)cc2)ccnc1C. The first kappa shape index (κ1) is 16.3. The summed E-state index contributed by atoms with van der Waals surface area (Å²) in [5.74, 6) is 0.594. The van der Waals surface area contributed by atoms with Crippen molar-refractivity contribution in [1.82, 2.24) is 4.98 Å². The number of aryl methyl sites for hydroxylation is 1. The zero-order valence-corrected chi connectivity index (χ0v) is 13.9. The summed E-state index contributed by atoms with van der Waals surface area (Å²) < 4.78 is 5.33. The van der Waals surface area contributed by atoms with Crippen LogP contribution in [-0.2, 0) is 12.0 Å². The first-order chi connectivity index (χ1) is 10.3. The molecule has 4 nitrogen and oxygen atoms in total. The number of anilines is 1. The molecule has 0 saturated heterocycles. The van der Waals surface area contributed by atoms with Crippen molar-refractivity contribution < 1.29 is 9.94 Å². The molecule has 0 bridgehead atoms. The maximum atomic E-state index is 10.4. The van der Waals surface area contributed by atoms with Crippen LogP contribution in [0.1, 0.15) is 37.6 Å². The van der Waals surface area contributed by atoms with Crippen LogP contribution in [0.2, 0.25) is 0 Å². The molecule has 118 valence electrons. The molecule has 2 rings (SSSR count). The molecule has 0 aliphatic rings. The Morgan fingerprint density at radius 3 is 2.32 bits per heavy atom. The maximum absolute atomic E-state index is 10.4. The van der Waals surface area contributed by atoms with Crippen LogP contribution in [0, 0.1) is 6.92 Å². The molecule has 0 aliphatic carbocycles. The molecule has 0 fully saturated rings. The Bertz CT molecular complexity index is 631. The van der Waals surface area contributed by atoms with E-state index in [1.807, 2.05) is 19.1 Å². The number of pyridine rings is 1. The van der Waals surface area contributed by atoms with Gasteiger partial charge in [-0.1, -0.05) is 45.0 Å². The van der Waals surface area contributed by atoms with E-state index in [-0.39, 0.29) is 5.41 Å². The molecule has 2 aromatic rings. The van der Waals surface area contributed by atoms with Crippen LogP contribution in [-0.4, -0.2) is 17.3 Å². The van der Waals surface area contributed by atoms with Crippen molar-refractivity contribution in [3.8, 4) is 5.75 Å². The van der Waals surface area contributed by atoms with E-state index in [9.17, 15) is 5.21 Å². The number of hydroxylamine groups is 1. The van der Waals surface area contributed by atoms with Crippen LogP contribution >= 0.6 is 0 Å². The zero-order chi connectivity index (χ0) is 16.3. The molecule has 0 atom stereocenters. The molecule has 0 unspecified atom stereocenters. The first-order valence-electron chi connectivity index (χ1n) is 7.38. The Morgan fingerprint density at radius 1 is 1.14 bits per heavy atom. The topological polar surface area (TPSA) is 45.6 Å². The summed E-state index contributed by atoms with van der Waals surface area (Å²) in [4.78, 5) is 4.18. The van der Waals surface area contributed by atoms with E-state index >= 15 is 0 Å². The Hall–Kier alpha value is -2.07. The quantitative estimate of drug-likeness (QED) is 0.864. The van der Waals surface area contributed by atoms with Gasteiger partial charge in [-0.05, 0) is 29.5 Å². The summed E-state index contributed by atoms with van der Waals surface area (Å²) in [6.07, 6.45) is 1.67. The molecule has 22 heavy (non-hydrogen) atoms. The van der Waals surface area contributed by atoms with Crippen molar-refractivity contribution in [2.24, 2.45) is 0 Å². The van der Waals surface area contributed by atoms with Crippen molar-refractivity contribution in [3.63, 3.8) is 0 Å². The highest BCUT2D eigenvalue weighted by Crippen LogP contribution is 2.30. The van der Waals surface area contributed by atoms with E-state index in [0.717, 1.165) is 11.3 Å². The van der Waals surface area contributed by atoms with E-state index in [0.29, 0.717) is 18.0 Å². The van der Waals surface area contributed by atoms with Crippen LogP contribution in [0.5, 0.6) is 5.75 Å². The Balaban J connectivity index is 2.19. The van der Waals surface area contributed by atoms with E-state index < -0.39 is 0 Å². The van der Waals surface area contributed by atoms with E-state index in [4.69, 9.17) is 4.74 Å². The van der Waals surface area contributed by atoms with Gasteiger partial charge in [0.05, 0.1) is 19.3 Å². The lowest BCUT2D eigenvalue weighted by Crippen LogP contribution is -2.19. The van der Waals surface area contributed by atoms with Crippen LogP contribution in [0.3, 0.4) is 0 Å². The largest absolute Gasteiger partial charge is 0.493 e. The molecule has 1 heterocycles. The molecule has 0 amide bonds. The van der Waals surface area contributed by atoms with Crippen molar-refractivity contribution >= 4 is 5.69 Å². The summed E-state index contributed by atoms with van der Waals surface area (Å²) in [6, 6.07) is 10.1. The molecule has 0 radical (unpaired) electrons. The molecule has 1 aromatic carbocycles. The molecule has 1 aromatic heterocycles. The van der Waals surface area contributed by atoms with Gasteiger partial charge in [0.2, 0.25) is 0 Å². The molecule has 1 N–H and O–H groups in total. The summed E-state index contributed by atoms with van der Waals surface area (Å²) in [5, 5.41) is 11.6. The first-order valence-corrected chi connectivity index (χ1v) is 7.38. The van der Waals surface area contributed by atoms with Gasteiger partial charge >= 0.3 is 0 Å². The molecule has 4 heteroatoms. The maximum Gasteiger partial charge on any atom is 0.165 e. The second-order valence-electron chi connectivity index (χ2n) is 6.45. The number of benzene rings is 1. The minimum atomic E-state index is 0.128. The minimum absolute atomic E-state index is 0.128. The fraction of sp³-hybridized carbons (Fsp3) is 0.389. The van der Waals surface area contributed by atoms with Crippen molar-refractivity contribution in [2.75, 3.05) is 12.2 Å². The number of aromatic nitrogens is 1. The van der Waals surface area contributed by atoms with Gasteiger partial charge in [0, 0.05) is 6.20 Å². The van der Waals surface area contributed by atoms with Gasteiger partial charge in [-0.15, -0.1) is 0 Å². The normalized spacial score (nSPS) is 11.4. The summed E-state index contributed by atoms with van der Waals surface area (Å²) in [7, 11) is 1.58. The number of hydrogen-bond acceptors (Lipinski definition) is 4. The van der Waals surface area contributed by atoms with Gasteiger partial charge in [0.25, 0.3) is 0 Å². The number of rotatable bonds is 4. The summed E-state index contributed by atoms with van der Waals surface area (Å²) in [5.41, 5.74) is 3.81. The Kier molecular flexibility index (Phi) is 4.71. The second kappa shape index (κ2) is 6.36. The fourth-order valence-electron chi connectivity index (χ4n) is 2.36. The highest BCUT2D eigenvalue weighted by molar-refractivity contribution is 5.58. The van der Waals surface area contributed by atoms with Crippen molar-refractivity contribution in [1.29, 1.82) is 0 Å². The summed E-state index contributed by atoms with van der Waals surface area (Å²) >= 11 is 0. The van der Waals surface area contributed by atoms with E-state index in [1.54, 1.807) is 19.4 Å². The fourth-order valence-corrected chi connectivity index (χ4v) is 2.36. The van der Waals surface area contributed by atoms with Crippen LogP contribution in [0.4, 0.5) is 5.69 Å².